The van der Waals surface area contributed by atoms with E-state index in [0.717, 1.165) is 5.56 Å². The summed E-state index contributed by atoms with van der Waals surface area (Å²) in [6.07, 6.45) is -4.49. The van der Waals surface area contributed by atoms with Gasteiger partial charge in [-0.05, 0) is 23.3 Å². The Kier molecular flexibility index (Phi) is 6.53. The van der Waals surface area contributed by atoms with Gasteiger partial charge < -0.3 is 10.1 Å². The Morgan fingerprint density at radius 1 is 1.07 bits per heavy atom. The molecule has 0 aliphatic rings. The highest BCUT2D eigenvalue weighted by Gasteiger charge is 2.31. The first-order chi connectivity index (χ1) is 13.4. The van der Waals surface area contributed by atoms with Gasteiger partial charge in [-0.25, -0.2) is 0 Å². The van der Waals surface area contributed by atoms with Crippen LogP contribution in [0.15, 0.2) is 58.9 Å². The molecule has 0 unspecified atom stereocenters. The van der Waals surface area contributed by atoms with Crippen molar-refractivity contribution in [3.05, 3.63) is 65.7 Å². The summed E-state index contributed by atoms with van der Waals surface area (Å²) in [7, 11) is 0. The number of amides is 1. The molecular formula is C18H14F3N3O2S2. The van der Waals surface area contributed by atoms with E-state index in [1.807, 2.05) is 30.3 Å². The summed E-state index contributed by atoms with van der Waals surface area (Å²) in [4.78, 5) is 12.0. The maximum Gasteiger partial charge on any atom is 0.573 e. The molecule has 0 atom stereocenters. The van der Waals surface area contributed by atoms with Gasteiger partial charge in [-0.3, -0.25) is 4.79 Å². The molecule has 0 fully saturated rings. The van der Waals surface area contributed by atoms with Crippen LogP contribution in [-0.4, -0.2) is 22.5 Å². The van der Waals surface area contributed by atoms with E-state index in [1.54, 1.807) is 6.07 Å². The normalized spacial score (nSPS) is 11.2. The zero-order valence-corrected chi connectivity index (χ0v) is 15.9. The molecule has 5 nitrogen and oxygen atoms in total. The average Bonchev–Trinajstić information content (AvgIpc) is 3.07. The molecule has 0 aliphatic carbocycles. The van der Waals surface area contributed by atoms with Gasteiger partial charge >= 0.3 is 6.36 Å². The van der Waals surface area contributed by atoms with Gasteiger partial charge in [-0.2, -0.15) is 0 Å². The Morgan fingerprint density at radius 2 is 1.82 bits per heavy atom. The smallest absolute Gasteiger partial charge is 0.406 e. The van der Waals surface area contributed by atoms with Gasteiger partial charge in [0.05, 0.1) is 6.42 Å². The third-order valence-electron chi connectivity index (χ3n) is 3.35. The maximum absolute atomic E-state index is 12.3. The summed E-state index contributed by atoms with van der Waals surface area (Å²) in [6.45, 7) is 0. The maximum atomic E-state index is 12.3. The highest BCUT2D eigenvalue weighted by Crippen LogP contribution is 2.30. The zero-order valence-electron chi connectivity index (χ0n) is 14.3. The molecule has 0 spiro atoms. The summed E-state index contributed by atoms with van der Waals surface area (Å²) < 4.78 is 41.4. The molecule has 0 bridgehead atoms. The second-order valence-corrected chi connectivity index (χ2v) is 7.77. The molecule has 146 valence electrons. The summed E-state index contributed by atoms with van der Waals surface area (Å²) in [5.41, 5.74) is 1.54. The average molecular weight is 425 g/mol. The number of nitrogens with zero attached hydrogens (tertiary/aromatic N) is 2. The van der Waals surface area contributed by atoms with E-state index in [9.17, 15) is 18.0 Å². The fourth-order valence-corrected chi connectivity index (χ4v) is 3.95. The number of hydrogen-bond donors (Lipinski definition) is 1. The third-order valence-corrected chi connectivity index (χ3v) is 5.40. The van der Waals surface area contributed by atoms with Gasteiger partial charge in [0.2, 0.25) is 11.0 Å². The molecule has 2 aromatic carbocycles. The lowest BCUT2D eigenvalue weighted by molar-refractivity contribution is -0.274. The summed E-state index contributed by atoms with van der Waals surface area (Å²) in [5, 5.41) is 11.0. The molecule has 0 radical (unpaired) electrons. The molecule has 28 heavy (non-hydrogen) atoms. The lowest BCUT2D eigenvalue weighted by atomic mass is 10.1. The van der Waals surface area contributed by atoms with E-state index < -0.39 is 6.36 Å². The van der Waals surface area contributed by atoms with E-state index in [1.165, 1.54) is 41.3 Å². The fraction of sp³-hybridized carbons (Fsp3) is 0.167. The van der Waals surface area contributed by atoms with Crippen LogP contribution in [0.4, 0.5) is 18.3 Å². The molecule has 3 aromatic rings. The number of carbonyl (C=O) groups is 1. The number of benzene rings is 2. The molecule has 3 rings (SSSR count). The number of anilines is 1. The second-order valence-electron chi connectivity index (χ2n) is 5.57. The highest BCUT2D eigenvalue weighted by molar-refractivity contribution is 8.00. The number of carbonyl (C=O) groups excluding carboxylic acids is 1. The SMILES string of the molecule is O=C(Cc1ccccc1)Nc1nnc(SCc2cccc(OC(F)(F)F)c2)s1. The number of thioether (sulfide) groups is 1. The number of hydrogen-bond acceptors (Lipinski definition) is 6. The summed E-state index contributed by atoms with van der Waals surface area (Å²) in [6, 6.07) is 15.1. The van der Waals surface area contributed by atoms with E-state index in [-0.39, 0.29) is 18.1 Å². The lowest BCUT2D eigenvalue weighted by Crippen LogP contribution is -2.17. The quantitative estimate of drug-likeness (QED) is 0.430. The number of rotatable bonds is 7. The lowest BCUT2D eigenvalue weighted by Gasteiger charge is -2.09. The van der Waals surface area contributed by atoms with Crippen molar-refractivity contribution in [2.45, 2.75) is 22.9 Å². The van der Waals surface area contributed by atoms with Crippen molar-refractivity contribution in [1.29, 1.82) is 0 Å². The number of nitrogens with one attached hydrogen (secondary N) is 1. The summed E-state index contributed by atoms with van der Waals surface area (Å²) in [5.74, 6) is -0.0746. The van der Waals surface area contributed by atoms with Gasteiger partial charge in [-0.15, -0.1) is 23.4 Å². The Morgan fingerprint density at radius 3 is 2.57 bits per heavy atom. The van der Waals surface area contributed by atoms with Crippen molar-refractivity contribution in [3.63, 3.8) is 0 Å². The standard InChI is InChI=1S/C18H14F3N3O2S2/c19-18(20,21)26-14-8-4-7-13(9-14)11-27-17-24-23-16(28-17)22-15(25)10-12-5-2-1-3-6-12/h1-9H,10-11H2,(H,22,23,25). The van der Waals surface area contributed by atoms with Crippen molar-refractivity contribution in [2.75, 3.05) is 5.32 Å². The molecular weight excluding hydrogens is 411 g/mol. The predicted molar refractivity (Wildman–Crippen MR) is 101 cm³/mol. The fourth-order valence-electron chi connectivity index (χ4n) is 2.24. The molecule has 1 aromatic heterocycles. The number of alkyl halides is 3. The van der Waals surface area contributed by atoms with Crippen LogP contribution >= 0.6 is 23.1 Å². The van der Waals surface area contributed by atoms with E-state index in [4.69, 9.17) is 0 Å². The van der Waals surface area contributed by atoms with Gasteiger partial charge in [0.15, 0.2) is 4.34 Å². The van der Waals surface area contributed by atoms with Gasteiger partial charge in [0, 0.05) is 5.75 Å². The zero-order chi connectivity index (χ0) is 20.0. The minimum atomic E-state index is -4.72. The first kappa shape index (κ1) is 20.2. The van der Waals surface area contributed by atoms with Crippen LogP contribution in [0.1, 0.15) is 11.1 Å². The van der Waals surface area contributed by atoms with Crippen LogP contribution in [-0.2, 0) is 17.0 Å². The minimum Gasteiger partial charge on any atom is -0.406 e. The van der Waals surface area contributed by atoms with Crippen molar-refractivity contribution < 1.29 is 22.7 Å². The number of halogens is 3. The van der Waals surface area contributed by atoms with Crippen LogP contribution in [0.2, 0.25) is 0 Å². The van der Waals surface area contributed by atoms with E-state index >= 15 is 0 Å². The second kappa shape index (κ2) is 9.07. The van der Waals surface area contributed by atoms with E-state index in [0.29, 0.717) is 20.8 Å². The van der Waals surface area contributed by atoms with Crippen molar-refractivity contribution in [2.24, 2.45) is 0 Å². The topological polar surface area (TPSA) is 64.1 Å². The predicted octanol–water partition coefficient (Wildman–Crippen LogP) is 4.91. The first-order valence-corrected chi connectivity index (χ1v) is 9.82. The molecule has 10 heteroatoms. The highest BCUT2D eigenvalue weighted by atomic mass is 32.2. The monoisotopic (exact) mass is 425 g/mol. The molecule has 0 saturated heterocycles. The van der Waals surface area contributed by atoms with Gasteiger partial charge in [-0.1, -0.05) is 65.6 Å². The van der Waals surface area contributed by atoms with Crippen molar-refractivity contribution in [3.8, 4) is 5.75 Å². The van der Waals surface area contributed by atoms with Crippen LogP contribution in [0.5, 0.6) is 5.75 Å². The molecule has 1 N–H and O–H groups in total. The van der Waals surface area contributed by atoms with Crippen LogP contribution in [0.25, 0.3) is 0 Å². The Hall–Kier alpha value is -2.59. The van der Waals surface area contributed by atoms with Gasteiger partial charge in [0.25, 0.3) is 0 Å². The Labute approximate surface area is 166 Å². The molecule has 0 aliphatic heterocycles. The summed E-state index contributed by atoms with van der Waals surface area (Å²) >= 11 is 2.51. The van der Waals surface area contributed by atoms with Crippen molar-refractivity contribution >= 4 is 34.1 Å². The Balaban J connectivity index is 1.52. The molecule has 1 amide bonds. The van der Waals surface area contributed by atoms with Crippen molar-refractivity contribution in [1.82, 2.24) is 10.2 Å². The van der Waals surface area contributed by atoms with Crippen LogP contribution in [0, 0.1) is 0 Å². The number of ether oxygens (including phenoxy) is 1. The van der Waals surface area contributed by atoms with Crippen LogP contribution in [0.3, 0.4) is 0 Å². The largest absolute Gasteiger partial charge is 0.573 e. The number of aromatic nitrogens is 2. The minimum absolute atomic E-state index is 0.198. The first-order valence-electron chi connectivity index (χ1n) is 8.02. The third kappa shape index (κ3) is 6.54. The Bertz CT molecular complexity index is 933. The van der Waals surface area contributed by atoms with E-state index in [2.05, 4.69) is 20.3 Å². The molecule has 1 heterocycles. The van der Waals surface area contributed by atoms with Gasteiger partial charge in [0.1, 0.15) is 5.75 Å². The molecule has 0 saturated carbocycles. The van der Waals surface area contributed by atoms with Crippen LogP contribution < -0.4 is 10.1 Å².